The van der Waals surface area contributed by atoms with Gasteiger partial charge >= 0.3 is 5.69 Å². The Morgan fingerprint density at radius 2 is 2.33 bits per heavy atom. The van der Waals surface area contributed by atoms with E-state index in [9.17, 15) is 10.1 Å². The summed E-state index contributed by atoms with van der Waals surface area (Å²) in [6.07, 6.45) is 2.38. The molecule has 18 heavy (non-hydrogen) atoms. The molecular weight excluding hydrogens is 254 g/mol. The first-order valence-electron chi connectivity index (χ1n) is 5.68. The molecule has 0 aliphatic carbocycles. The Labute approximate surface area is 110 Å². The van der Waals surface area contributed by atoms with Crippen molar-refractivity contribution in [2.75, 3.05) is 30.0 Å². The molecule has 1 rings (SSSR count). The van der Waals surface area contributed by atoms with Crippen LogP contribution in [-0.4, -0.2) is 39.7 Å². The molecule has 0 saturated heterocycles. The van der Waals surface area contributed by atoms with Crippen molar-refractivity contribution in [2.45, 2.75) is 13.3 Å². The molecule has 2 N–H and O–H groups in total. The van der Waals surface area contributed by atoms with E-state index in [0.29, 0.717) is 12.4 Å². The van der Waals surface area contributed by atoms with Crippen LogP contribution >= 0.6 is 11.8 Å². The second-order valence-electron chi connectivity index (χ2n) is 3.75. The Balaban J connectivity index is 2.44. The van der Waals surface area contributed by atoms with Crippen molar-refractivity contribution in [3.8, 4) is 0 Å². The minimum absolute atomic E-state index is 0.00959. The van der Waals surface area contributed by atoms with Crippen LogP contribution in [0.25, 0.3) is 0 Å². The van der Waals surface area contributed by atoms with Crippen LogP contribution in [0.2, 0.25) is 0 Å². The van der Waals surface area contributed by atoms with Crippen LogP contribution in [0.15, 0.2) is 12.3 Å². The number of aliphatic hydroxyl groups excluding tert-OH is 1. The number of aromatic nitrogens is 1. The molecule has 1 aromatic rings. The molecule has 0 spiro atoms. The molecular formula is C11H17N3O3S. The third-order valence-corrected chi connectivity index (χ3v) is 3.26. The van der Waals surface area contributed by atoms with Crippen LogP contribution in [0, 0.1) is 17.0 Å². The van der Waals surface area contributed by atoms with E-state index >= 15 is 0 Å². The molecule has 0 saturated carbocycles. The van der Waals surface area contributed by atoms with E-state index in [2.05, 4.69) is 10.3 Å². The van der Waals surface area contributed by atoms with Gasteiger partial charge in [-0.25, -0.2) is 4.98 Å². The van der Waals surface area contributed by atoms with Crippen molar-refractivity contribution >= 4 is 23.3 Å². The first-order valence-corrected chi connectivity index (χ1v) is 6.84. The largest absolute Gasteiger partial charge is 0.396 e. The van der Waals surface area contributed by atoms with Crippen LogP contribution in [0.1, 0.15) is 12.0 Å². The second-order valence-corrected chi connectivity index (χ2v) is 4.98. The minimum atomic E-state index is -0.429. The number of anilines is 1. The number of pyridine rings is 1. The fourth-order valence-corrected chi connectivity index (χ4v) is 2.12. The molecule has 1 aromatic heterocycles. The van der Waals surface area contributed by atoms with E-state index in [1.807, 2.05) is 0 Å². The van der Waals surface area contributed by atoms with Crippen LogP contribution in [0.5, 0.6) is 0 Å². The molecule has 100 valence electrons. The smallest absolute Gasteiger partial charge is 0.311 e. The normalized spacial score (nSPS) is 10.3. The molecule has 0 unspecified atom stereocenters. The molecule has 1 heterocycles. The zero-order chi connectivity index (χ0) is 13.4. The van der Waals surface area contributed by atoms with Crippen LogP contribution in [0.4, 0.5) is 11.5 Å². The van der Waals surface area contributed by atoms with Gasteiger partial charge in [0.1, 0.15) is 0 Å². The summed E-state index contributed by atoms with van der Waals surface area (Å²) in [6.45, 7) is 2.59. The standard InChI is InChI=1S/C11H17N3O3S/c1-9-7-10(14(16)17)11(13-8-9)12-3-6-18-5-2-4-15/h7-8,15H,2-6H2,1H3,(H,12,13). The number of rotatable bonds is 8. The summed E-state index contributed by atoms with van der Waals surface area (Å²) in [5.74, 6) is 2.03. The number of aryl methyl sites for hydroxylation is 1. The van der Waals surface area contributed by atoms with Gasteiger partial charge < -0.3 is 10.4 Å². The Bertz CT molecular complexity index is 401. The van der Waals surface area contributed by atoms with Gasteiger partial charge in [0, 0.05) is 31.2 Å². The molecule has 0 aromatic carbocycles. The monoisotopic (exact) mass is 271 g/mol. The summed E-state index contributed by atoms with van der Waals surface area (Å²) < 4.78 is 0. The molecule has 0 amide bonds. The van der Waals surface area contributed by atoms with E-state index in [4.69, 9.17) is 5.11 Å². The number of nitrogens with zero attached hydrogens (tertiary/aromatic N) is 2. The fraction of sp³-hybridized carbons (Fsp3) is 0.545. The summed E-state index contributed by atoms with van der Waals surface area (Å²) in [6, 6.07) is 1.51. The summed E-state index contributed by atoms with van der Waals surface area (Å²) in [5.41, 5.74) is 0.778. The quantitative estimate of drug-likeness (QED) is 0.426. The Hall–Kier alpha value is -1.34. The minimum Gasteiger partial charge on any atom is -0.396 e. The molecule has 7 heteroatoms. The summed E-state index contributed by atoms with van der Waals surface area (Å²) in [7, 11) is 0. The van der Waals surface area contributed by atoms with E-state index in [0.717, 1.165) is 23.5 Å². The number of hydrogen-bond donors (Lipinski definition) is 2. The van der Waals surface area contributed by atoms with Crippen LogP contribution in [-0.2, 0) is 0 Å². The maximum absolute atomic E-state index is 10.8. The fourth-order valence-electron chi connectivity index (χ4n) is 1.34. The highest BCUT2D eigenvalue weighted by Crippen LogP contribution is 2.22. The summed E-state index contributed by atoms with van der Waals surface area (Å²) in [4.78, 5) is 14.4. The highest BCUT2D eigenvalue weighted by molar-refractivity contribution is 7.99. The van der Waals surface area contributed by atoms with Crippen molar-refractivity contribution in [3.63, 3.8) is 0 Å². The van der Waals surface area contributed by atoms with Crippen molar-refractivity contribution in [1.29, 1.82) is 0 Å². The number of thioether (sulfide) groups is 1. The van der Waals surface area contributed by atoms with Crippen molar-refractivity contribution in [3.05, 3.63) is 27.9 Å². The van der Waals surface area contributed by atoms with Gasteiger partial charge in [0.15, 0.2) is 0 Å². The Morgan fingerprint density at radius 1 is 1.56 bits per heavy atom. The molecule has 0 fully saturated rings. The Kier molecular flexibility index (Phi) is 6.45. The van der Waals surface area contributed by atoms with Crippen LogP contribution in [0.3, 0.4) is 0 Å². The second kappa shape index (κ2) is 7.88. The first-order chi connectivity index (χ1) is 8.65. The zero-order valence-electron chi connectivity index (χ0n) is 10.3. The lowest BCUT2D eigenvalue weighted by atomic mass is 10.3. The Morgan fingerprint density at radius 3 is 3.00 bits per heavy atom. The molecule has 6 nitrogen and oxygen atoms in total. The van der Waals surface area contributed by atoms with E-state index in [-0.39, 0.29) is 12.3 Å². The topological polar surface area (TPSA) is 88.3 Å². The number of nitrogens with one attached hydrogen (secondary N) is 1. The van der Waals surface area contributed by atoms with Gasteiger partial charge in [-0.1, -0.05) is 0 Å². The van der Waals surface area contributed by atoms with Gasteiger partial charge in [-0.2, -0.15) is 11.8 Å². The predicted octanol–water partition coefficient (Wildman–Crippen LogP) is 1.83. The molecule has 0 bridgehead atoms. The first kappa shape index (κ1) is 14.7. The predicted molar refractivity (Wildman–Crippen MR) is 73.1 cm³/mol. The highest BCUT2D eigenvalue weighted by atomic mass is 32.2. The SMILES string of the molecule is Cc1cnc(NCCSCCCO)c([N+](=O)[O-])c1. The summed E-state index contributed by atoms with van der Waals surface area (Å²) in [5, 5.41) is 22.4. The molecule has 0 atom stereocenters. The number of aliphatic hydroxyl groups is 1. The molecule has 0 aliphatic rings. The third-order valence-electron chi connectivity index (χ3n) is 2.19. The van der Waals surface area contributed by atoms with Gasteiger partial charge in [-0.15, -0.1) is 0 Å². The van der Waals surface area contributed by atoms with Gasteiger partial charge in [0.2, 0.25) is 5.82 Å². The van der Waals surface area contributed by atoms with Crippen molar-refractivity contribution < 1.29 is 10.0 Å². The van der Waals surface area contributed by atoms with E-state index in [1.165, 1.54) is 6.07 Å². The third kappa shape index (κ3) is 4.89. The average Bonchev–Trinajstić information content (AvgIpc) is 2.35. The van der Waals surface area contributed by atoms with Crippen molar-refractivity contribution in [1.82, 2.24) is 4.98 Å². The highest BCUT2D eigenvalue weighted by Gasteiger charge is 2.14. The molecule has 0 radical (unpaired) electrons. The number of hydrogen-bond acceptors (Lipinski definition) is 6. The maximum atomic E-state index is 10.8. The van der Waals surface area contributed by atoms with Crippen molar-refractivity contribution in [2.24, 2.45) is 0 Å². The van der Waals surface area contributed by atoms with Gasteiger partial charge in [0.05, 0.1) is 4.92 Å². The van der Waals surface area contributed by atoms with Gasteiger partial charge in [0.25, 0.3) is 0 Å². The summed E-state index contributed by atoms with van der Waals surface area (Å²) >= 11 is 1.69. The maximum Gasteiger partial charge on any atom is 0.311 e. The lowest BCUT2D eigenvalue weighted by molar-refractivity contribution is -0.384. The van der Waals surface area contributed by atoms with Crippen LogP contribution < -0.4 is 5.32 Å². The van der Waals surface area contributed by atoms with E-state index in [1.54, 1.807) is 24.9 Å². The van der Waals surface area contributed by atoms with E-state index < -0.39 is 4.92 Å². The lowest BCUT2D eigenvalue weighted by Gasteiger charge is -2.06. The van der Waals surface area contributed by atoms with Gasteiger partial charge in [-0.05, 0) is 24.7 Å². The average molecular weight is 271 g/mol. The lowest BCUT2D eigenvalue weighted by Crippen LogP contribution is -2.08. The number of nitro groups is 1. The zero-order valence-corrected chi connectivity index (χ0v) is 11.1. The van der Waals surface area contributed by atoms with Gasteiger partial charge in [-0.3, -0.25) is 10.1 Å². The molecule has 0 aliphatic heterocycles.